The molecule has 1 atom stereocenters. The Morgan fingerprint density at radius 3 is 2.92 bits per heavy atom. The van der Waals surface area contributed by atoms with Crippen molar-refractivity contribution in [2.75, 3.05) is 6.54 Å². The maximum absolute atomic E-state index is 12.0. The molecule has 24 heavy (non-hydrogen) atoms. The number of hydrogen-bond donors (Lipinski definition) is 2. The van der Waals surface area contributed by atoms with Crippen LogP contribution in [-0.2, 0) is 6.54 Å². The van der Waals surface area contributed by atoms with E-state index in [4.69, 9.17) is 4.42 Å². The second-order valence-electron chi connectivity index (χ2n) is 5.40. The van der Waals surface area contributed by atoms with Gasteiger partial charge in [0.1, 0.15) is 0 Å². The third kappa shape index (κ3) is 3.45. The molecule has 0 aliphatic carbocycles. The van der Waals surface area contributed by atoms with Crippen LogP contribution in [0.5, 0.6) is 0 Å². The zero-order valence-electron chi connectivity index (χ0n) is 13.2. The molecule has 124 valence electrons. The molecule has 0 unspecified atom stereocenters. The van der Waals surface area contributed by atoms with Gasteiger partial charge in [-0.15, -0.1) is 0 Å². The number of pyridine rings is 1. The molecule has 0 radical (unpaired) electrons. The quantitative estimate of drug-likeness (QED) is 0.751. The van der Waals surface area contributed by atoms with Crippen molar-refractivity contribution in [3.8, 4) is 0 Å². The normalized spacial score (nSPS) is 12.0. The van der Waals surface area contributed by atoms with Gasteiger partial charge in [-0.3, -0.25) is 9.55 Å². The van der Waals surface area contributed by atoms with E-state index < -0.39 is 5.76 Å². The highest BCUT2D eigenvalue weighted by Gasteiger charge is 2.11. The highest BCUT2D eigenvalue weighted by Crippen LogP contribution is 2.11. The zero-order valence-corrected chi connectivity index (χ0v) is 13.2. The van der Waals surface area contributed by atoms with E-state index in [1.807, 2.05) is 31.2 Å². The predicted octanol–water partition coefficient (Wildman–Crippen LogP) is 2.05. The SMILES string of the molecule is C[C@H](NC(=O)NCCn1c(=O)oc2ccccc21)c1cccnc1. The highest BCUT2D eigenvalue weighted by atomic mass is 16.4. The summed E-state index contributed by atoms with van der Waals surface area (Å²) in [6.07, 6.45) is 3.39. The summed E-state index contributed by atoms with van der Waals surface area (Å²) in [5, 5.41) is 5.57. The number of carbonyl (C=O) groups excluding carboxylic acids is 1. The Hall–Kier alpha value is -3.09. The van der Waals surface area contributed by atoms with Gasteiger partial charge in [-0.1, -0.05) is 18.2 Å². The molecule has 0 bridgehead atoms. The number of aromatic nitrogens is 2. The first-order valence-electron chi connectivity index (χ1n) is 7.68. The van der Waals surface area contributed by atoms with Crippen LogP contribution in [-0.4, -0.2) is 22.1 Å². The fourth-order valence-electron chi connectivity index (χ4n) is 2.47. The first-order chi connectivity index (χ1) is 11.6. The van der Waals surface area contributed by atoms with Crippen LogP contribution in [0, 0.1) is 0 Å². The Balaban J connectivity index is 1.55. The molecular formula is C17H18N4O3. The van der Waals surface area contributed by atoms with Crippen molar-refractivity contribution in [1.82, 2.24) is 20.2 Å². The van der Waals surface area contributed by atoms with Crippen molar-refractivity contribution in [2.45, 2.75) is 19.5 Å². The van der Waals surface area contributed by atoms with Crippen LogP contribution in [0.25, 0.3) is 11.1 Å². The number of hydrogen-bond acceptors (Lipinski definition) is 4. The van der Waals surface area contributed by atoms with E-state index in [0.717, 1.165) is 5.56 Å². The molecular weight excluding hydrogens is 308 g/mol. The Kier molecular flexibility index (Phi) is 4.60. The van der Waals surface area contributed by atoms with Gasteiger partial charge in [0, 0.05) is 25.5 Å². The second kappa shape index (κ2) is 6.99. The minimum atomic E-state index is -0.429. The van der Waals surface area contributed by atoms with Crippen molar-refractivity contribution >= 4 is 17.1 Å². The number of rotatable bonds is 5. The maximum atomic E-state index is 12.0. The van der Waals surface area contributed by atoms with Crippen LogP contribution in [0.3, 0.4) is 0 Å². The topological polar surface area (TPSA) is 89.2 Å². The number of amides is 2. The molecule has 0 saturated carbocycles. The molecule has 0 aliphatic heterocycles. The molecule has 2 aromatic heterocycles. The lowest BCUT2D eigenvalue weighted by atomic mass is 10.1. The second-order valence-corrected chi connectivity index (χ2v) is 5.40. The van der Waals surface area contributed by atoms with Crippen LogP contribution in [0.15, 0.2) is 58.0 Å². The summed E-state index contributed by atoms with van der Waals surface area (Å²) in [4.78, 5) is 27.8. The maximum Gasteiger partial charge on any atom is 0.420 e. The van der Waals surface area contributed by atoms with E-state index in [-0.39, 0.29) is 12.1 Å². The minimum Gasteiger partial charge on any atom is -0.408 e. The van der Waals surface area contributed by atoms with Gasteiger partial charge in [0.15, 0.2) is 5.58 Å². The van der Waals surface area contributed by atoms with Crippen molar-refractivity contribution in [3.05, 3.63) is 64.9 Å². The zero-order chi connectivity index (χ0) is 16.9. The van der Waals surface area contributed by atoms with E-state index in [1.54, 1.807) is 24.5 Å². The number of carbonyl (C=O) groups is 1. The first-order valence-corrected chi connectivity index (χ1v) is 7.68. The highest BCUT2D eigenvalue weighted by molar-refractivity contribution is 5.74. The number of benzene rings is 1. The van der Waals surface area contributed by atoms with Crippen LogP contribution in [0.1, 0.15) is 18.5 Å². The van der Waals surface area contributed by atoms with Gasteiger partial charge in [0.2, 0.25) is 0 Å². The fraction of sp³-hybridized carbons (Fsp3) is 0.235. The van der Waals surface area contributed by atoms with Crippen molar-refractivity contribution in [2.24, 2.45) is 0 Å². The Morgan fingerprint density at radius 1 is 1.29 bits per heavy atom. The monoisotopic (exact) mass is 326 g/mol. The smallest absolute Gasteiger partial charge is 0.408 e. The summed E-state index contributed by atoms with van der Waals surface area (Å²) < 4.78 is 6.65. The summed E-state index contributed by atoms with van der Waals surface area (Å²) >= 11 is 0. The van der Waals surface area contributed by atoms with E-state index in [1.165, 1.54) is 4.57 Å². The largest absolute Gasteiger partial charge is 0.420 e. The molecule has 0 aliphatic rings. The number of nitrogens with zero attached hydrogens (tertiary/aromatic N) is 2. The van der Waals surface area contributed by atoms with E-state index in [9.17, 15) is 9.59 Å². The molecule has 0 spiro atoms. The molecule has 7 nitrogen and oxygen atoms in total. The molecule has 2 amide bonds. The lowest BCUT2D eigenvalue weighted by Gasteiger charge is -2.14. The lowest BCUT2D eigenvalue weighted by molar-refractivity contribution is 0.237. The first kappa shape index (κ1) is 15.8. The van der Waals surface area contributed by atoms with Gasteiger partial charge in [-0.05, 0) is 30.7 Å². The van der Waals surface area contributed by atoms with Gasteiger partial charge >= 0.3 is 11.8 Å². The Bertz CT molecular complexity index is 885. The van der Waals surface area contributed by atoms with Gasteiger partial charge in [-0.2, -0.15) is 0 Å². The van der Waals surface area contributed by atoms with Crippen LogP contribution < -0.4 is 16.4 Å². The van der Waals surface area contributed by atoms with E-state index >= 15 is 0 Å². The third-order valence-corrected chi connectivity index (χ3v) is 3.73. The average molecular weight is 326 g/mol. The molecule has 3 rings (SSSR count). The minimum absolute atomic E-state index is 0.156. The van der Waals surface area contributed by atoms with E-state index in [0.29, 0.717) is 24.2 Å². The summed E-state index contributed by atoms with van der Waals surface area (Å²) in [7, 11) is 0. The molecule has 2 N–H and O–H groups in total. The average Bonchev–Trinajstić information content (AvgIpc) is 2.91. The van der Waals surface area contributed by atoms with Gasteiger partial charge in [-0.25, -0.2) is 9.59 Å². The van der Waals surface area contributed by atoms with Crippen LogP contribution >= 0.6 is 0 Å². The van der Waals surface area contributed by atoms with Crippen LogP contribution in [0.2, 0.25) is 0 Å². The molecule has 2 heterocycles. The Morgan fingerprint density at radius 2 is 2.12 bits per heavy atom. The molecule has 3 aromatic rings. The number of oxazole rings is 1. The number of para-hydroxylation sites is 2. The molecule has 0 saturated heterocycles. The summed E-state index contributed by atoms with van der Waals surface area (Å²) in [6.45, 7) is 2.53. The summed E-state index contributed by atoms with van der Waals surface area (Å²) in [5.41, 5.74) is 2.18. The Labute approximate surface area is 138 Å². The van der Waals surface area contributed by atoms with Crippen molar-refractivity contribution < 1.29 is 9.21 Å². The van der Waals surface area contributed by atoms with Crippen molar-refractivity contribution in [3.63, 3.8) is 0 Å². The van der Waals surface area contributed by atoms with Gasteiger partial charge < -0.3 is 15.1 Å². The fourth-order valence-corrected chi connectivity index (χ4v) is 2.47. The molecule has 1 aromatic carbocycles. The third-order valence-electron chi connectivity index (χ3n) is 3.73. The molecule has 0 fully saturated rings. The van der Waals surface area contributed by atoms with Gasteiger partial charge in [0.25, 0.3) is 0 Å². The molecule has 7 heteroatoms. The number of nitrogens with one attached hydrogen (secondary N) is 2. The van der Waals surface area contributed by atoms with Crippen LogP contribution in [0.4, 0.5) is 4.79 Å². The lowest BCUT2D eigenvalue weighted by Crippen LogP contribution is -2.39. The van der Waals surface area contributed by atoms with Crippen molar-refractivity contribution in [1.29, 1.82) is 0 Å². The number of fused-ring (bicyclic) bond motifs is 1. The predicted molar refractivity (Wildman–Crippen MR) is 89.7 cm³/mol. The van der Waals surface area contributed by atoms with E-state index in [2.05, 4.69) is 15.6 Å². The standard InChI is InChI=1S/C17H18N4O3/c1-12(13-5-4-8-18-11-13)20-16(22)19-9-10-21-14-6-2-3-7-15(14)24-17(21)23/h2-8,11-12H,9-10H2,1H3,(H2,19,20,22)/t12-/m0/s1. The summed E-state index contributed by atoms with van der Waals surface area (Å²) in [6, 6.07) is 10.5. The number of urea groups is 1. The summed E-state index contributed by atoms with van der Waals surface area (Å²) in [5.74, 6) is -0.429. The van der Waals surface area contributed by atoms with Gasteiger partial charge in [0.05, 0.1) is 11.6 Å².